The van der Waals surface area contributed by atoms with Crippen LogP contribution in [0.3, 0.4) is 0 Å². The lowest BCUT2D eigenvalue weighted by molar-refractivity contribution is -0.117. The summed E-state index contributed by atoms with van der Waals surface area (Å²) in [5, 5.41) is 7.23. The van der Waals surface area contributed by atoms with Crippen LogP contribution < -0.4 is 11.0 Å². The first kappa shape index (κ1) is 19.3. The number of rotatable bonds is 4. The normalized spacial score (nSPS) is 13.7. The Labute approximate surface area is 179 Å². The van der Waals surface area contributed by atoms with Gasteiger partial charge in [0, 0.05) is 31.3 Å². The number of carbonyl (C=O) groups is 1. The summed E-state index contributed by atoms with van der Waals surface area (Å²) in [6.45, 7) is 0.588. The quantitative estimate of drug-likeness (QED) is 0.554. The number of nitrogens with zero attached hydrogens (tertiary/aromatic N) is 5. The van der Waals surface area contributed by atoms with Crippen molar-refractivity contribution in [2.75, 3.05) is 5.32 Å². The lowest BCUT2D eigenvalue weighted by Gasteiger charge is -2.07. The molecule has 8 nitrogen and oxygen atoms in total. The second-order valence-corrected chi connectivity index (χ2v) is 7.93. The van der Waals surface area contributed by atoms with Gasteiger partial charge in [-0.15, -0.1) is 0 Å². The third kappa shape index (κ3) is 3.65. The molecule has 5 rings (SSSR count). The Morgan fingerprint density at radius 3 is 2.68 bits per heavy atom. The Kier molecular flexibility index (Phi) is 4.89. The van der Waals surface area contributed by atoms with Crippen LogP contribution in [0.4, 0.5) is 5.69 Å². The van der Waals surface area contributed by atoms with E-state index in [0.717, 1.165) is 53.9 Å². The number of amides is 1. The van der Waals surface area contributed by atoms with Crippen LogP contribution in [0.5, 0.6) is 0 Å². The first-order valence-corrected chi connectivity index (χ1v) is 10.6. The highest BCUT2D eigenvalue weighted by Crippen LogP contribution is 2.24. The SMILES string of the molecule is Cn1c(-c2ccc(NC(=O)Cn3nc4n(c3=O)CCCCC4)cc2)nc2ccccc21. The molecule has 3 heterocycles. The van der Waals surface area contributed by atoms with Crippen molar-refractivity contribution < 1.29 is 4.79 Å². The molecule has 31 heavy (non-hydrogen) atoms. The molecule has 158 valence electrons. The first-order valence-electron chi connectivity index (χ1n) is 10.6. The predicted octanol–water partition coefficient (Wildman–Crippen LogP) is 2.96. The number of carbonyl (C=O) groups excluding carboxylic acids is 1. The van der Waals surface area contributed by atoms with Gasteiger partial charge in [0.25, 0.3) is 0 Å². The third-order valence-electron chi connectivity index (χ3n) is 5.79. The minimum atomic E-state index is -0.272. The van der Waals surface area contributed by atoms with Gasteiger partial charge in [0.2, 0.25) is 5.91 Å². The summed E-state index contributed by atoms with van der Waals surface area (Å²) in [6, 6.07) is 15.6. The number of hydrogen-bond donors (Lipinski definition) is 1. The number of hydrogen-bond acceptors (Lipinski definition) is 4. The molecule has 1 aliphatic rings. The molecule has 0 unspecified atom stereocenters. The van der Waals surface area contributed by atoms with E-state index in [1.807, 2.05) is 55.6 Å². The zero-order valence-electron chi connectivity index (χ0n) is 17.4. The average Bonchev–Trinajstić information content (AvgIpc) is 3.14. The highest BCUT2D eigenvalue weighted by molar-refractivity contribution is 5.90. The molecule has 2 aromatic carbocycles. The largest absolute Gasteiger partial charge is 0.346 e. The molecule has 4 aromatic rings. The maximum Gasteiger partial charge on any atom is 0.346 e. The maximum atomic E-state index is 12.5. The van der Waals surface area contributed by atoms with E-state index < -0.39 is 0 Å². The molecule has 0 saturated carbocycles. The monoisotopic (exact) mass is 416 g/mol. The summed E-state index contributed by atoms with van der Waals surface area (Å²) < 4.78 is 5.02. The molecule has 0 atom stereocenters. The van der Waals surface area contributed by atoms with Gasteiger partial charge in [0.15, 0.2) is 0 Å². The average molecular weight is 416 g/mol. The standard InChI is InChI=1S/C23H24N6O2/c1-27-19-8-5-4-7-18(19)25-22(27)16-10-12-17(13-11-16)24-21(30)15-29-23(31)28-14-6-2-3-9-20(28)26-29/h4-5,7-8,10-13H,2-3,6,9,14-15H2,1H3,(H,24,30). The number of benzene rings is 2. The van der Waals surface area contributed by atoms with E-state index >= 15 is 0 Å². The number of anilines is 1. The van der Waals surface area contributed by atoms with Crippen molar-refractivity contribution in [3.8, 4) is 11.4 Å². The van der Waals surface area contributed by atoms with E-state index in [9.17, 15) is 9.59 Å². The van der Waals surface area contributed by atoms with Crippen molar-refractivity contribution in [3.63, 3.8) is 0 Å². The number of aromatic nitrogens is 5. The Morgan fingerprint density at radius 2 is 1.87 bits per heavy atom. The highest BCUT2D eigenvalue weighted by atomic mass is 16.2. The third-order valence-corrected chi connectivity index (χ3v) is 5.79. The molecule has 0 spiro atoms. The van der Waals surface area contributed by atoms with E-state index in [0.29, 0.717) is 12.2 Å². The second-order valence-electron chi connectivity index (χ2n) is 7.93. The molecule has 0 radical (unpaired) electrons. The van der Waals surface area contributed by atoms with Crippen molar-refractivity contribution in [3.05, 3.63) is 64.8 Å². The molecule has 1 amide bonds. The van der Waals surface area contributed by atoms with Gasteiger partial charge in [0.1, 0.15) is 18.2 Å². The van der Waals surface area contributed by atoms with E-state index in [2.05, 4.69) is 15.0 Å². The van der Waals surface area contributed by atoms with Crippen molar-refractivity contribution in [2.24, 2.45) is 7.05 Å². The van der Waals surface area contributed by atoms with Crippen LogP contribution in [-0.4, -0.2) is 29.8 Å². The van der Waals surface area contributed by atoms with Gasteiger partial charge in [-0.1, -0.05) is 18.6 Å². The Bertz CT molecular complexity index is 1310. The minimum Gasteiger partial charge on any atom is -0.327 e. The Morgan fingerprint density at radius 1 is 1.06 bits per heavy atom. The zero-order chi connectivity index (χ0) is 21.4. The van der Waals surface area contributed by atoms with Crippen LogP contribution in [0, 0.1) is 0 Å². The number of fused-ring (bicyclic) bond motifs is 2. The molecular formula is C23H24N6O2. The molecule has 0 aliphatic carbocycles. The van der Waals surface area contributed by atoms with Crippen LogP contribution in [0.25, 0.3) is 22.4 Å². The number of para-hydroxylation sites is 2. The Balaban J connectivity index is 1.30. The summed E-state index contributed by atoms with van der Waals surface area (Å²) in [5.41, 5.74) is 3.44. The maximum absolute atomic E-state index is 12.5. The van der Waals surface area contributed by atoms with Crippen molar-refractivity contribution >= 4 is 22.6 Å². The molecule has 0 fully saturated rings. The van der Waals surface area contributed by atoms with E-state index in [1.165, 1.54) is 4.68 Å². The molecule has 1 N–H and O–H groups in total. The minimum absolute atomic E-state index is 0.0919. The van der Waals surface area contributed by atoms with Crippen molar-refractivity contribution in [2.45, 2.75) is 38.8 Å². The number of aryl methyl sites for hydroxylation is 2. The fraction of sp³-hybridized carbons (Fsp3) is 0.304. The fourth-order valence-electron chi connectivity index (χ4n) is 4.17. The molecule has 0 saturated heterocycles. The second kappa shape index (κ2) is 7.86. The van der Waals surface area contributed by atoms with E-state index in [4.69, 9.17) is 4.98 Å². The summed E-state index contributed by atoms with van der Waals surface area (Å²) in [4.78, 5) is 29.7. The summed E-state index contributed by atoms with van der Waals surface area (Å²) in [7, 11) is 1.99. The van der Waals surface area contributed by atoms with Gasteiger partial charge in [-0.05, 0) is 49.2 Å². The predicted molar refractivity (Wildman–Crippen MR) is 119 cm³/mol. The van der Waals surface area contributed by atoms with E-state index in [1.54, 1.807) is 4.57 Å². The summed E-state index contributed by atoms with van der Waals surface area (Å²) >= 11 is 0. The Hall–Kier alpha value is -3.68. The molecule has 2 aromatic heterocycles. The topological polar surface area (TPSA) is 86.7 Å². The summed E-state index contributed by atoms with van der Waals surface area (Å²) in [5.74, 6) is 1.37. The smallest absolute Gasteiger partial charge is 0.327 e. The van der Waals surface area contributed by atoms with Crippen LogP contribution in [0.1, 0.15) is 25.1 Å². The van der Waals surface area contributed by atoms with Gasteiger partial charge >= 0.3 is 5.69 Å². The lowest BCUT2D eigenvalue weighted by Crippen LogP contribution is -2.30. The van der Waals surface area contributed by atoms with Crippen LogP contribution in [0.2, 0.25) is 0 Å². The van der Waals surface area contributed by atoms with Gasteiger partial charge in [0.05, 0.1) is 11.0 Å². The number of nitrogens with one attached hydrogen (secondary N) is 1. The van der Waals surface area contributed by atoms with Crippen molar-refractivity contribution in [1.82, 2.24) is 23.9 Å². The first-order chi connectivity index (χ1) is 15.1. The van der Waals surface area contributed by atoms with Crippen LogP contribution >= 0.6 is 0 Å². The van der Waals surface area contributed by atoms with Gasteiger partial charge < -0.3 is 9.88 Å². The van der Waals surface area contributed by atoms with Crippen molar-refractivity contribution in [1.29, 1.82) is 0 Å². The van der Waals surface area contributed by atoms with Crippen LogP contribution in [0.15, 0.2) is 53.3 Å². The van der Waals surface area contributed by atoms with Gasteiger partial charge in [-0.25, -0.2) is 14.5 Å². The molecular weight excluding hydrogens is 392 g/mol. The summed E-state index contributed by atoms with van der Waals surface area (Å²) in [6.07, 6.45) is 3.89. The van der Waals surface area contributed by atoms with Gasteiger partial charge in [-0.2, -0.15) is 5.10 Å². The highest BCUT2D eigenvalue weighted by Gasteiger charge is 2.17. The van der Waals surface area contributed by atoms with Gasteiger partial charge in [-0.3, -0.25) is 9.36 Å². The van der Waals surface area contributed by atoms with Crippen LogP contribution in [-0.2, 0) is 31.4 Å². The fourth-order valence-corrected chi connectivity index (χ4v) is 4.17. The molecule has 1 aliphatic heterocycles. The molecule has 8 heteroatoms. The van der Waals surface area contributed by atoms with E-state index in [-0.39, 0.29) is 18.1 Å². The molecule has 0 bridgehead atoms. The number of imidazole rings is 1. The zero-order valence-corrected chi connectivity index (χ0v) is 17.4. The lowest BCUT2D eigenvalue weighted by atomic mass is 10.2.